The van der Waals surface area contributed by atoms with E-state index in [0.29, 0.717) is 23.2 Å². The lowest BCUT2D eigenvalue weighted by Crippen LogP contribution is -2.29. The number of methoxy groups -OCH3 is 1. The fraction of sp³-hybridized carbons (Fsp3) is 0.167. The molecule has 0 aromatic heterocycles. The maximum absolute atomic E-state index is 12.5. The molecular weight excluding hydrogens is 308 g/mol. The van der Waals surface area contributed by atoms with Crippen molar-refractivity contribution in [3.63, 3.8) is 0 Å². The SMILES string of the molecule is COC(=O)C1Cc2ccc(N3C(=O)c4ccccc4C3=O)cc2N1. The number of hydrogen-bond donors (Lipinski definition) is 1. The molecule has 1 atom stereocenters. The number of amides is 2. The molecule has 2 amide bonds. The normalized spacial score (nSPS) is 18.2. The van der Waals surface area contributed by atoms with Gasteiger partial charge in [-0.2, -0.15) is 0 Å². The number of fused-ring (bicyclic) bond motifs is 2. The number of rotatable bonds is 2. The van der Waals surface area contributed by atoms with Crippen molar-refractivity contribution in [3.8, 4) is 0 Å². The van der Waals surface area contributed by atoms with Gasteiger partial charge in [0, 0.05) is 12.1 Å². The number of carbonyl (C=O) groups is 3. The van der Waals surface area contributed by atoms with Crippen LogP contribution in [0.15, 0.2) is 42.5 Å². The topological polar surface area (TPSA) is 75.7 Å². The number of anilines is 2. The summed E-state index contributed by atoms with van der Waals surface area (Å²) in [5.41, 5.74) is 2.98. The highest BCUT2D eigenvalue weighted by molar-refractivity contribution is 6.34. The van der Waals surface area contributed by atoms with Crippen LogP contribution in [0.1, 0.15) is 26.3 Å². The van der Waals surface area contributed by atoms with Crippen LogP contribution in [-0.4, -0.2) is 30.9 Å². The smallest absolute Gasteiger partial charge is 0.328 e. The molecule has 2 heterocycles. The van der Waals surface area contributed by atoms with Crippen LogP contribution in [0.4, 0.5) is 11.4 Å². The van der Waals surface area contributed by atoms with Crippen LogP contribution in [0.2, 0.25) is 0 Å². The maximum atomic E-state index is 12.5. The molecule has 120 valence electrons. The summed E-state index contributed by atoms with van der Waals surface area (Å²) < 4.78 is 4.75. The fourth-order valence-corrected chi connectivity index (χ4v) is 3.18. The van der Waals surface area contributed by atoms with Gasteiger partial charge in [0.05, 0.1) is 23.9 Å². The van der Waals surface area contributed by atoms with E-state index >= 15 is 0 Å². The summed E-state index contributed by atoms with van der Waals surface area (Å²) in [6.07, 6.45) is 0.518. The summed E-state index contributed by atoms with van der Waals surface area (Å²) in [6, 6.07) is 11.6. The van der Waals surface area contributed by atoms with E-state index in [1.807, 2.05) is 6.07 Å². The second kappa shape index (κ2) is 5.19. The molecule has 2 aliphatic rings. The molecule has 0 radical (unpaired) electrons. The zero-order chi connectivity index (χ0) is 16.8. The van der Waals surface area contributed by atoms with Gasteiger partial charge < -0.3 is 10.1 Å². The van der Waals surface area contributed by atoms with Crippen molar-refractivity contribution in [2.24, 2.45) is 0 Å². The lowest BCUT2D eigenvalue weighted by atomic mass is 10.1. The molecule has 6 nitrogen and oxygen atoms in total. The van der Waals surface area contributed by atoms with Crippen molar-refractivity contribution < 1.29 is 19.1 Å². The zero-order valence-electron chi connectivity index (χ0n) is 12.9. The number of imide groups is 1. The predicted octanol–water partition coefficient (Wildman–Crippen LogP) is 2.00. The van der Waals surface area contributed by atoms with Crippen LogP contribution >= 0.6 is 0 Å². The van der Waals surface area contributed by atoms with E-state index in [1.165, 1.54) is 7.11 Å². The number of nitrogens with one attached hydrogen (secondary N) is 1. The molecule has 0 aliphatic carbocycles. The molecule has 2 aromatic carbocycles. The Balaban J connectivity index is 1.68. The number of hydrogen-bond acceptors (Lipinski definition) is 5. The van der Waals surface area contributed by atoms with Crippen LogP contribution in [0.3, 0.4) is 0 Å². The van der Waals surface area contributed by atoms with Crippen molar-refractivity contribution >= 4 is 29.2 Å². The van der Waals surface area contributed by atoms with Crippen LogP contribution in [0, 0.1) is 0 Å². The van der Waals surface area contributed by atoms with E-state index < -0.39 is 6.04 Å². The monoisotopic (exact) mass is 322 g/mol. The number of nitrogens with zero attached hydrogens (tertiary/aromatic N) is 1. The summed E-state index contributed by atoms with van der Waals surface area (Å²) in [4.78, 5) is 37.9. The third-order valence-corrected chi connectivity index (χ3v) is 4.39. The molecule has 4 rings (SSSR count). The number of esters is 1. The predicted molar refractivity (Wildman–Crippen MR) is 87.2 cm³/mol. The number of ether oxygens (including phenoxy) is 1. The molecule has 1 N–H and O–H groups in total. The summed E-state index contributed by atoms with van der Waals surface area (Å²) >= 11 is 0. The van der Waals surface area contributed by atoms with Crippen LogP contribution in [0.5, 0.6) is 0 Å². The second-order valence-electron chi connectivity index (χ2n) is 5.76. The molecule has 1 unspecified atom stereocenters. The van der Waals surface area contributed by atoms with Gasteiger partial charge in [0.1, 0.15) is 6.04 Å². The molecule has 24 heavy (non-hydrogen) atoms. The first-order valence-electron chi connectivity index (χ1n) is 7.55. The van der Waals surface area contributed by atoms with Gasteiger partial charge in [-0.15, -0.1) is 0 Å². The van der Waals surface area contributed by atoms with E-state index in [-0.39, 0.29) is 17.8 Å². The first-order chi connectivity index (χ1) is 11.6. The molecule has 0 saturated heterocycles. The Morgan fingerprint density at radius 1 is 1.12 bits per heavy atom. The molecule has 0 spiro atoms. The van der Waals surface area contributed by atoms with Gasteiger partial charge in [-0.3, -0.25) is 9.59 Å². The van der Waals surface area contributed by atoms with Crippen LogP contribution in [0.25, 0.3) is 0 Å². The van der Waals surface area contributed by atoms with Crippen molar-refractivity contribution in [3.05, 3.63) is 59.2 Å². The lowest BCUT2D eigenvalue weighted by Gasteiger charge is -2.15. The Kier molecular flexibility index (Phi) is 3.13. The minimum Gasteiger partial charge on any atom is -0.467 e. The molecule has 0 bridgehead atoms. The van der Waals surface area contributed by atoms with Gasteiger partial charge in [0.2, 0.25) is 0 Å². The molecular formula is C18H14N2O4. The number of carbonyl (C=O) groups excluding carboxylic acids is 3. The first kappa shape index (κ1) is 14.4. The molecule has 6 heteroatoms. The highest BCUT2D eigenvalue weighted by Crippen LogP contribution is 2.34. The second-order valence-corrected chi connectivity index (χ2v) is 5.76. The standard InChI is InChI=1S/C18H14N2O4/c1-24-18(23)15-8-10-6-7-11(9-14(10)19-15)20-16(21)12-4-2-3-5-13(12)17(20)22/h2-7,9,15,19H,8H2,1H3. The van der Waals surface area contributed by atoms with E-state index in [0.717, 1.165) is 16.2 Å². The van der Waals surface area contributed by atoms with E-state index in [2.05, 4.69) is 5.32 Å². The zero-order valence-corrected chi connectivity index (χ0v) is 12.9. The van der Waals surface area contributed by atoms with Gasteiger partial charge in [0.15, 0.2) is 0 Å². The molecule has 0 saturated carbocycles. The fourth-order valence-electron chi connectivity index (χ4n) is 3.18. The van der Waals surface area contributed by atoms with Gasteiger partial charge in [-0.05, 0) is 29.8 Å². The van der Waals surface area contributed by atoms with Crippen molar-refractivity contribution in [1.29, 1.82) is 0 Å². The van der Waals surface area contributed by atoms with Gasteiger partial charge in [-0.1, -0.05) is 18.2 Å². The van der Waals surface area contributed by atoms with Crippen molar-refractivity contribution in [2.45, 2.75) is 12.5 Å². The summed E-state index contributed by atoms with van der Waals surface area (Å²) in [5, 5.41) is 3.08. The Bertz CT molecular complexity index is 855. The number of benzene rings is 2. The van der Waals surface area contributed by atoms with E-state index in [4.69, 9.17) is 4.74 Å². The third kappa shape index (κ3) is 2.00. The highest BCUT2D eigenvalue weighted by atomic mass is 16.5. The largest absolute Gasteiger partial charge is 0.467 e. The minimum absolute atomic E-state index is 0.335. The van der Waals surface area contributed by atoms with E-state index in [9.17, 15) is 14.4 Å². The van der Waals surface area contributed by atoms with Crippen molar-refractivity contribution in [1.82, 2.24) is 0 Å². The Hall–Kier alpha value is -3.15. The molecule has 2 aliphatic heterocycles. The Morgan fingerprint density at radius 3 is 2.42 bits per heavy atom. The molecule has 0 fully saturated rings. The first-order valence-corrected chi connectivity index (χ1v) is 7.55. The summed E-state index contributed by atoms with van der Waals surface area (Å²) in [7, 11) is 1.34. The van der Waals surface area contributed by atoms with Crippen molar-refractivity contribution in [2.75, 3.05) is 17.3 Å². The molecule has 2 aromatic rings. The van der Waals surface area contributed by atoms with Gasteiger partial charge >= 0.3 is 5.97 Å². The maximum Gasteiger partial charge on any atom is 0.328 e. The average molecular weight is 322 g/mol. The van der Waals surface area contributed by atoms with Gasteiger partial charge in [-0.25, -0.2) is 9.69 Å². The third-order valence-electron chi connectivity index (χ3n) is 4.39. The van der Waals surface area contributed by atoms with Crippen LogP contribution in [-0.2, 0) is 16.0 Å². The summed E-state index contributed by atoms with van der Waals surface area (Å²) in [5.74, 6) is -1.01. The van der Waals surface area contributed by atoms with E-state index in [1.54, 1.807) is 36.4 Å². The Labute approximate surface area is 138 Å². The quantitative estimate of drug-likeness (QED) is 0.676. The summed E-state index contributed by atoms with van der Waals surface area (Å²) in [6.45, 7) is 0. The average Bonchev–Trinajstić information content (AvgIpc) is 3.14. The Morgan fingerprint density at radius 2 is 1.79 bits per heavy atom. The van der Waals surface area contributed by atoms with Crippen LogP contribution < -0.4 is 10.2 Å². The van der Waals surface area contributed by atoms with Gasteiger partial charge in [0.25, 0.3) is 11.8 Å². The highest BCUT2D eigenvalue weighted by Gasteiger charge is 2.37. The lowest BCUT2D eigenvalue weighted by molar-refractivity contribution is -0.141. The minimum atomic E-state index is -0.442.